The van der Waals surface area contributed by atoms with Gasteiger partial charge in [0.1, 0.15) is 0 Å². The molecule has 0 aliphatic carbocycles. The molecule has 0 radical (unpaired) electrons. The molecule has 1 atom stereocenters. The van der Waals surface area contributed by atoms with Crippen LogP contribution in [0.4, 0.5) is 0 Å². The summed E-state index contributed by atoms with van der Waals surface area (Å²) in [6.45, 7) is 2.01. The van der Waals surface area contributed by atoms with E-state index in [-0.39, 0.29) is 6.10 Å². The van der Waals surface area contributed by atoms with Crippen LogP contribution >= 0.6 is 11.3 Å². The zero-order chi connectivity index (χ0) is 11.7. The summed E-state index contributed by atoms with van der Waals surface area (Å²) < 4.78 is 0. The normalized spacial score (nSPS) is 18.9. The second kappa shape index (κ2) is 4.34. The molecule has 0 spiro atoms. The third-order valence-corrected chi connectivity index (χ3v) is 3.64. The maximum absolute atomic E-state index is 5.48. The monoisotopic (exact) mass is 243 g/mol. The second-order valence-electron chi connectivity index (χ2n) is 4.22. The largest absolute Gasteiger partial charge is 0.387 e. The molecule has 86 valence electrons. The first-order valence-electron chi connectivity index (χ1n) is 5.65. The third-order valence-electron chi connectivity index (χ3n) is 2.96. The van der Waals surface area contributed by atoms with Crippen LogP contribution in [0.2, 0.25) is 0 Å². The molecule has 0 saturated heterocycles. The van der Waals surface area contributed by atoms with Gasteiger partial charge in [-0.15, -0.1) is 0 Å². The molecule has 0 saturated carbocycles. The number of hydrogen-bond acceptors (Lipinski definition) is 3. The highest BCUT2D eigenvalue weighted by Gasteiger charge is 2.22. The van der Waals surface area contributed by atoms with Gasteiger partial charge in [-0.05, 0) is 34.9 Å². The summed E-state index contributed by atoms with van der Waals surface area (Å²) in [6, 6.07) is 10.5. The Balaban J connectivity index is 2.00. The lowest BCUT2D eigenvalue weighted by Crippen LogP contribution is -1.99. The van der Waals surface area contributed by atoms with E-state index in [1.807, 2.05) is 6.92 Å². The zero-order valence-corrected chi connectivity index (χ0v) is 10.4. The van der Waals surface area contributed by atoms with E-state index < -0.39 is 0 Å². The van der Waals surface area contributed by atoms with Crippen LogP contribution in [0, 0.1) is 0 Å². The van der Waals surface area contributed by atoms with Crippen molar-refractivity contribution < 1.29 is 4.84 Å². The highest BCUT2D eigenvalue weighted by atomic mass is 32.1. The fourth-order valence-electron chi connectivity index (χ4n) is 2.12. The van der Waals surface area contributed by atoms with Crippen LogP contribution in [0.5, 0.6) is 0 Å². The topological polar surface area (TPSA) is 21.6 Å². The van der Waals surface area contributed by atoms with Crippen molar-refractivity contribution in [3.63, 3.8) is 0 Å². The first-order chi connectivity index (χ1) is 8.34. The second-order valence-corrected chi connectivity index (χ2v) is 5.00. The summed E-state index contributed by atoms with van der Waals surface area (Å²) in [6.07, 6.45) is 0.965. The summed E-state index contributed by atoms with van der Waals surface area (Å²) >= 11 is 1.72. The van der Waals surface area contributed by atoms with Crippen LogP contribution in [-0.4, -0.2) is 5.71 Å². The van der Waals surface area contributed by atoms with Crippen molar-refractivity contribution in [1.29, 1.82) is 0 Å². The van der Waals surface area contributed by atoms with Crippen molar-refractivity contribution in [2.75, 3.05) is 0 Å². The lowest BCUT2D eigenvalue weighted by atomic mass is 9.96. The van der Waals surface area contributed by atoms with Crippen LogP contribution in [-0.2, 0) is 4.84 Å². The van der Waals surface area contributed by atoms with Gasteiger partial charge >= 0.3 is 0 Å². The van der Waals surface area contributed by atoms with Crippen LogP contribution in [0.25, 0.3) is 11.1 Å². The number of rotatable bonds is 2. The number of hydrogen-bond donors (Lipinski definition) is 0. The zero-order valence-electron chi connectivity index (χ0n) is 9.59. The van der Waals surface area contributed by atoms with Crippen LogP contribution in [0.3, 0.4) is 0 Å². The molecule has 1 aromatic carbocycles. The first-order valence-corrected chi connectivity index (χ1v) is 6.59. The number of benzene rings is 1. The van der Waals surface area contributed by atoms with Gasteiger partial charge in [0.15, 0.2) is 6.10 Å². The fraction of sp³-hybridized carbons (Fsp3) is 0.214. The molecule has 3 heteroatoms. The average molecular weight is 243 g/mol. The summed E-state index contributed by atoms with van der Waals surface area (Å²) in [4.78, 5) is 5.48. The summed E-state index contributed by atoms with van der Waals surface area (Å²) in [5, 5.41) is 8.30. The molecule has 1 aliphatic heterocycles. The van der Waals surface area contributed by atoms with E-state index in [0.29, 0.717) is 0 Å². The molecule has 3 rings (SSSR count). The molecule has 2 nitrogen and oxygen atoms in total. The highest BCUT2D eigenvalue weighted by molar-refractivity contribution is 7.08. The van der Waals surface area contributed by atoms with Crippen molar-refractivity contribution in [3.8, 4) is 11.1 Å². The SMILES string of the molecule is CC1=NO[C@@H](c2ccccc2-c2ccsc2)C1. The minimum absolute atomic E-state index is 0.0751. The number of nitrogens with zero attached hydrogens (tertiary/aromatic N) is 1. The number of oxime groups is 1. The predicted octanol–water partition coefficient (Wildman–Crippen LogP) is 4.25. The molecule has 0 amide bonds. The van der Waals surface area contributed by atoms with Crippen LogP contribution < -0.4 is 0 Å². The van der Waals surface area contributed by atoms with Gasteiger partial charge in [-0.25, -0.2) is 0 Å². The smallest absolute Gasteiger partial charge is 0.158 e. The molecule has 0 N–H and O–H groups in total. The van der Waals surface area contributed by atoms with Gasteiger partial charge < -0.3 is 4.84 Å². The Morgan fingerprint density at radius 3 is 2.88 bits per heavy atom. The van der Waals surface area contributed by atoms with Crippen LogP contribution in [0.1, 0.15) is 25.0 Å². The Bertz CT molecular complexity index is 545. The minimum atomic E-state index is 0.0751. The van der Waals surface area contributed by atoms with E-state index in [2.05, 4.69) is 46.2 Å². The molecule has 0 unspecified atom stereocenters. The molecule has 2 aromatic rings. The molecule has 17 heavy (non-hydrogen) atoms. The van der Waals surface area contributed by atoms with Crippen molar-refractivity contribution in [1.82, 2.24) is 0 Å². The van der Waals surface area contributed by atoms with Gasteiger partial charge in [-0.2, -0.15) is 11.3 Å². The Morgan fingerprint density at radius 1 is 1.29 bits per heavy atom. The summed E-state index contributed by atoms with van der Waals surface area (Å²) in [7, 11) is 0. The highest BCUT2D eigenvalue weighted by Crippen LogP contribution is 2.35. The van der Waals surface area contributed by atoms with Crippen molar-refractivity contribution in [2.45, 2.75) is 19.4 Å². The van der Waals surface area contributed by atoms with E-state index in [4.69, 9.17) is 4.84 Å². The summed E-state index contributed by atoms with van der Waals surface area (Å²) in [5.74, 6) is 0. The van der Waals surface area contributed by atoms with Crippen molar-refractivity contribution in [3.05, 3.63) is 46.7 Å². The quantitative estimate of drug-likeness (QED) is 0.772. The predicted molar refractivity (Wildman–Crippen MR) is 71.3 cm³/mol. The minimum Gasteiger partial charge on any atom is -0.387 e. The van der Waals surface area contributed by atoms with Gasteiger partial charge in [0.2, 0.25) is 0 Å². The first kappa shape index (κ1) is 10.5. The lowest BCUT2D eigenvalue weighted by molar-refractivity contribution is 0.0861. The Morgan fingerprint density at radius 2 is 2.18 bits per heavy atom. The third kappa shape index (κ3) is 1.98. The Labute approximate surface area is 105 Å². The van der Waals surface area contributed by atoms with E-state index in [9.17, 15) is 0 Å². The van der Waals surface area contributed by atoms with Gasteiger partial charge in [0.05, 0.1) is 5.71 Å². The van der Waals surface area contributed by atoms with Crippen LogP contribution in [0.15, 0.2) is 46.2 Å². The van der Waals surface area contributed by atoms with Gasteiger partial charge in [0, 0.05) is 12.0 Å². The Kier molecular flexibility index (Phi) is 2.69. The standard InChI is InChI=1S/C14H13NOS/c1-10-8-14(16-15-10)13-5-3-2-4-12(13)11-6-7-17-9-11/h2-7,9,14H,8H2,1H3/t14-/m1/s1. The van der Waals surface area contributed by atoms with Crippen molar-refractivity contribution >= 4 is 17.0 Å². The van der Waals surface area contributed by atoms with Crippen molar-refractivity contribution in [2.24, 2.45) is 5.16 Å². The van der Waals surface area contributed by atoms with Gasteiger partial charge in [-0.3, -0.25) is 0 Å². The summed E-state index contributed by atoms with van der Waals surface area (Å²) in [5.41, 5.74) is 4.81. The van der Waals surface area contributed by atoms with E-state index >= 15 is 0 Å². The van der Waals surface area contributed by atoms with Gasteiger partial charge in [-0.1, -0.05) is 29.4 Å². The molecule has 0 bridgehead atoms. The molecular formula is C14H13NOS. The van der Waals surface area contributed by atoms with E-state index in [1.54, 1.807) is 11.3 Å². The molecule has 2 heterocycles. The molecule has 1 aromatic heterocycles. The molecule has 1 aliphatic rings. The maximum atomic E-state index is 5.48. The lowest BCUT2D eigenvalue weighted by Gasteiger charge is -2.13. The number of thiophene rings is 1. The Hall–Kier alpha value is -1.61. The maximum Gasteiger partial charge on any atom is 0.158 e. The molecular weight excluding hydrogens is 230 g/mol. The van der Waals surface area contributed by atoms with E-state index in [0.717, 1.165) is 12.1 Å². The fourth-order valence-corrected chi connectivity index (χ4v) is 2.78. The average Bonchev–Trinajstić information content (AvgIpc) is 3.00. The van der Waals surface area contributed by atoms with Gasteiger partial charge in [0.25, 0.3) is 0 Å². The van der Waals surface area contributed by atoms with E-state index in [1.165, 1.54) is 16.7 Å². The molecule has 0 fully saturated rings.